The van der Waals surface area contributed by atoms with Crippen molar-refractivity contribution in [2.24, 2.45) is 9.98 Å². The predicted octanol–water partition coefficient (Wildman–Crippen LogP) is 13.7. The Balaban J connectivity index is 0.000000360. The zero-order valence-corrected chi connectivity index (χ0v) is 40.1. The Bertz CT molecular complexity index is 1880. The van der Waals surface area contributed by atoms with E-state index < -0.39 is 34.6 Å². The van der Waals surface area contributed by atoms with Crippen molar-refractivity contribution >= 4 is 17.5 Å². The molecular formula is C50H52F4N4Th+2. The second-order valence-electron chi connectivity index (χ2n) is 15.1. The van der Waals surface area contributed by atoms with E-state index in [0.717, 1.165) is 0 Å². The first-order chi connectivity index (χ1) is 27.2. The average Bonchev–Trinajstić information content (AvgIpc) is 3.47. The molecule has 0 aromatic heterocycles. The summed E-state index contributed by atoms with van der Waals surface area (Å²) in [4.78, 5) is 8.86. The minimum Gasteiger partial charge on any atom is -0.464 e. The van der Waals surface area contributed by atoms with Crippen LogP contribution in [0.1, 0.15) is 105 Å². The molecule has 59 heavy (non-hydrogen) atoms. The molecular weight excluding hydrogens is 965 g/mol. The summed E-state index contributed by atoms with van der Waals surface area (Å²) in [7, 11) is 0. The number of nitrogens with zero attached hydrogens (tertiary/aromatic N) is 4. The zero-order valence-electron chi connectivity index (χ0n) is 36.0. The summed E-state index contributed by atoms with van der Waals surface area (Å²) in [5, 5.41) is 15.5. The van der Waals surface area contributed by atoms with Gasteiger partial charge in [-0.2, -0.15) is 0 Å². The van der Waals surface area contributed by atoms with E-state index in [1.54, 1.807) is 26.0 Å². The molecule has 0 N–H and O–H groups in total. The van der Waals surface area contributed by atoms with Gasteiger partial charge in [0.05, 0.1) is 0 Å². The number of hydrogen-bond donors (Lipinski definition) is 0. The number of hydrogen-bond acceptors (Lipinski definition) is 0. The van der Waals surface area contributed by atoms with Gasteiger partial charge in [0.1, 0.15) is 23.3 Å². The van der Waals surface area contributed by atoms with Gasteiger partial charge in [-0.25, -0.2) is 17.6 Å². The van der Waals surface area contributed by atoms with Gasteiger partial charge in [0, 0.05) is 0 Å². The average molecular weight is 1020 g/mol. The molecule has 0 saturated heterocycles. The van der Waals surface area contributed by atoms with Crippen molar-refractivity contribution in [3.05, 3.63) is 212 Å². The number of halogens is 4. The fourth-order valence-corrected chi connectivity index (χ4v) is 6.37. The topological polar surface area (TPSA) is 61.1 Å². The van der Waals surface area contributed by atoms with Gasteiger partial charge < -0.3 is 20.7 Å². The summed E-state index contributed by atoms with van der Waals surface area (Å²) in [5.41, 5.74) is 0.812. The molecule has 4 nitrogen and oxygen atoms in total. The Kier molecular flexibility index (Phi) is 18.7. The maximum atomic E-state index is 13.7. The summed E-state index contributed by atoms with van der Waals surface area (Å²) < 4.78 is 54.3. The van der Waals surface area contributed by atoms with Crippen molar-refractivity contribution < 1.29 is 57.5 Å². The SMILES string of the molecule is CC(C)([N-]C(=NC(=NC(=[N-])c1ccc(F)cc1)c1ccc(F)cc1)c1ccc(F)cc1)c1ccc(F)cc1.C[C]1[C](C)[C](C)[C](C)[C]1C.C[C]1[C](C)[C](C)[C](C)[C]1C.[Th+4]. The number of aliphatic imine (C=N–C) groups is 2. The molecule has 0 amide bonds. The fraction of sp³-hybridized carbons (Fsp3) is 0.260. The molecule has 2 aliphatic rings. The van der Waals surface area contributed by atoms with Crippen LogP contribution in [0, 0.1) is 122 Å². The van der Waals surface area contributed by atoms with Crippen LogP contribution >= 0.6 is 0 Å². The largest absolute Gasteiger partial charge is 4.00 e. The first-order valence-electron chi connectivity index (χ1n) is 19.1. The van der Waals surface area contributed by atoms with Gasteiger partial charge in [-0.1, -0.05) is 149 Å². The van der Waals surface area contributed by atoms with Gasteiger partial charge in [-0.05, 0) is 136 Å². The van der Waals surface area contributed by atoms with Gasteiger partial charge >= 0.3 is 39.9 Å². The van der Waals surface area contributed by atoms with E-state index >= 15 is 0 Å². The maximum absolute atomic E-state index is 13.7. The third-order valence-electron chi connectivity index (χ3n) is 11.3. The van der Waals surface area contributed by atoms with Crippen LogP contribution in [0.5, 0.6) is 0 Å². The second-order valence-corrected chi connectivity index (χ2v) is 15.1. The third-order valence-corrected chi connectivity index (χ3v) is 11.3. The van der Waals surface area contributed by atoms with E-state index in [4.69, 9.17) is 5.32 Å². The molecule has 0 spiro atoms. The minimum absolute atomic E-state index is 0. The summed E-state index contributed by atoms with van der Waals surface area (Å²) in [5.74, 6) is 12.5. The first kappa shape index (κ1) is 50.1. The first-order valence-corrected chi connectivity index (χ1v) is 19.1. The Labute approximate surface area is 383 Å². The van der Waals surface area contributed by atoms with Gasteiger partial charge in [-0.3, -0.25) is 0 Å². The molecule has 0 heterocycles. The van der Waals surface area contributed by atoms with Gasteiger partial charge in [0.25, 0.3) is 0 Å². The predicted molar refractivity (Wildman–Crippen MR) is 232 cm³/mol. The van der Waals surface area contributed by atoms with Crippen molar-refractivity contribution in [3.8, 4) is 0 Å². The molecule has 4 aromatic rings. The van der Waals surface area contributed by atoms with Crippen LogP contribution in [-0.4, -0.2) is 17.5 Å². The fourth-order valence-electron chi connectivity index (χ4n) is 6.37. The summed E-state index contributed by atoms with van der Waals surface area (Å²) in [6.07, 6.45) is 0. The standard InChI is InChI=1S/C30H22F4N4.2C10H15.Th/c1-30(2,22-9-17-26(34)18-10-22)38-29(21-7-15-25(33)16-8-21)37-28(20-5-13-24(32)14-6-20)36-27(35)19-3-11-23(31)12-4-19;2*1-6-7(2)9(4)10(5)8(6)3;/h3-18H,1-2H3;2*1-5H3;/q-2;;;+4. The smallest absolute Gasteiger partial charge is 0.464 e. The molecule has 2 aliphatic carbocycles. The van der Waals surface area contributed by atoms with E-state index in [-0.39, 0.29) is 57.2 Å². The van der Waals surface area contributed by atoms with Crippen molar-refractivity contribution in [1.29, 1.82) is 0 Å². The number of amidine groups is 3. The molecule has 6 rings (SSSR count). The van der Waals surface area contributed by atoms with Crippen LogP contribution in [0.2, 0.25) is 0 Å². The van der Waals surface area contributed by atoms with Crippen LogP contribution in [0.25, 0.3) is 10.7 Å². The van der Waals surface area contributed by atoms with E-state index in [1.165, 1.54) is 144 Å². The molecule has 0 unspecified atom stereocenters. The van der Waals surface area contributed by atoms with E-state index in [2.05, 4.69) is 79.2 Å². The Morgan fingerprint density at radius 2 is 0.695 bits per heavy atom. The van der Waals surface area contributed by atoms with Crippen LogP contribution in [-0.2, 0) is 5.54 Å². The Morgan fingerprint density at radius 1 is 0.424 bits per heavy atom. The molecule has 0 aliphatic heterocycles. The van der Waals surface area contributed by atoms with Crippen LogP contribution in [0.3, 0.4) is 0 Å². The summed E-state index contributed by atoms with van der Waals surface area (Å²) in [6.45, 7) is 25.6. The third kappa shape index (κ3) is 13.1. The quantitative estimate of drug-likeness (QED) is 0.109. The Hall–Kier alpha value is -3.27. The number of rotatable bonds is 5. The molecule has 9 heteroatoms. The van der Waals surface area contributed by atoms with Crippen LogP contribution in [0.15, 0.2) is 107 Å². The molecule has 0 bridgehead atoms. The maximum Gasteiger partial charge on any atom is 4.00 e. The second kappa shape index (κ2) is 22.0. The normalized spacial score (nSPS) is 17.6. The van der Waals surface area contributed by atoms with Gasteiger partial charge in [0.2, 0.25) is 0 Å². The molecule has 302 valence electrons. The zero-order chi connectivity index (χ0) is 43.1. The summed E-state index contributed by atoms with van der Waals surface area (Å²) in [6, 6.07) is 21.7. The van der Waals surface area contributed by atoms with Crippen LogP contribution in [0.4, 0.5) is 17.6 Å². The molecule has 2 saturated carbocycles. The van der Waals surface area contributed by atoms with E-state index in [0.29, 0.717) is 16.7 Å². The van der Waals surface area contributed by atoms with Crippen molar-refractivity contribution in [1.82, 2.24) is 0 Å². The van der Waals surface area contributed by atoms with Gasteiger partial charge in [-0.15, -0.1) is 0 Å². The molecule has 0 atom stereocenters. The Morgan fingerprint density at radius 3 is 1.02 bits per heavy atom. The monoisotopic (exact) mass is 1020 g/mol. The molecule has 10 radical (unpaired) electrons. The summed E-state index contributed by atoms with van der Waals surface area (Å²) >= 11 is 0. The van der Waals surface area contributed by atoms with E-state index in [9.17, 15) is 23.0 Å². The van der Waals surface area contributed by atoms with Crippen molar-refractivity contribution in [2.45, 2.75) is 88.6 Å². The van der Waals surface area contributed by atoms with Crippen molar-refractivity contribution in [3.63, 3.8) is 0 Å². The molecule has 4 aromatic carbocycles. The molecule has 2 fully saturated rings. The minimum atomic E-state index is -0.905. The van der Waals surface area contributed by atoms with Crippen molar-refractivity contribution in [2.75, 3.05) is 0 Å². The van der Waals surface area contributed by atoms with Crippen LogP contribution < -0.4 is 0 Å². The van der Waals surface area contributed by atoms with E-state index in [1.807, 2.05) is 0 Å². The van der Waals surface area contributed by atoms with Gasteiger partial charge in [0.15, 0.2) is 0 Å². The number of benzene rings is 4.